The summed E-state index contributed by atoms with van der Waals surface area (Å²) in [5.41, 5.74) is 0. The monoisotopic (exact) mass is 242 g/mol. The Balaban J connectivity index is 1.51. The highest BCUT2D eigenvalue weighted by Crippen LogP contribution is 2.06. The molecule has 0 saturated carbocycles. The third-order valence-corrected chi connectivity index (χ3v) is 3.31. The Morgan fingerprint density at radius 1 is 1.41 bits per heavy atom. The molecule has 17 heavy (non-hydrogen) atoms. The van der Waals surface area contributed by atoms with Crippen LogP contribution in [0, 0.1) is 0 Å². The van der Waals surface area contributed by atoms with Gasteiger partial charge in [0.25, 0.3) is 0 Å². The van der Waals surface area contributed by atoms with Gasteiger partial charge in [0.15, 0.2) is 0 Å². The van der Waals surface area contributed by atoms with Gasteiger partial charge in [-0.05, 0) is 25.8 Å². The van der Waals surface area contributed by atoms with E-state index in [0.717, 1.165) is 58.7 Å². The lowest BCUT2D eigenvalue weighted by molar-refractivity contribution is -0.146. The molecule has 2 saturated heterocycles. The molecule has 2 rings (SSSR count). The zero-order valence-corrected chi connectivity index (χ0v) is 10.3. The van der Waals surface area contributed by atoms with Crippen LogP contribution >= 0.6 is 0 Å². The van der Waals surface area contributed by atoms with E-state index < -0.39 is 0 Å². The van der Waals surface area contributed by atoms with Crippen LogP contribution in [0.15, 0.2) is 0 Å². The van der Waals surface area contributed by atoms with Crippen LogP contribution < -0.4 is 5.32 Å². The molecule has 0 aromatic rings. The Morgan fingerprint density at radius 3 is 2.94 bits per heavy atom. The molecular weight excluding hydrogens is 220 g/mol. The van der Waals surface area contributed by atoms with Gasteiger partial charge in [-0.1, -0.05) is 0 Å². The lowest BCUT2D eigenvalue weighted by atomic mass is 10.2. The van der Waals surface area contributed by atoms with Crippen LogP contribution in [0.2, 0.25) is 0 Å². The second-order valence-corrected chi connectivity index (χ2v) is 4.62. The Hall–Kier alpha value is -0.650. The van der Waals surface area contributed by atoms with Gasteiger partial charge < -0.3 is 14.8 Å². The summed E-state index contributed by atoms with van der Waals surface area (Å²) in [7, 11) is 0. The van der Waals surface area contributed by atoms with E-state index in [4.69, 9.17) is 9.47 Å². The topological polar surface area (TPSA) is 50.8 Å². The van der Waals surface area contributed by atoms with Gasteiger partial charge in [0.1, 0.15) is 6.04 Å². The van der Waals surface area contributed by atoms with Crippen molar-refractivity contribution in [2.24, 2.45) is 0 Å². The Kier molecular flexibility index (Phi) is 5.22. The molecule has 1 N–H and O–H groups in total. The van der Waals surface area contributed by atoms with Crippen molar-refractivity contribution in [1.29, 1.82) is 0 Å². The standard InChI is InChI=1S/C12H22N2O3/c15-12(11-3-1-4-13-11)17-8-2-5-14-6-9-16-10-7-14/h11,13H,1-10H2/t11-/m0/s1. The maximum absolute atomic E-state index is 11.6. The Labute approximate surface area is 102 Å². The minimum absolute atomic E-state index is 0.0570. The van der Waals surface area contributed by atoms with Crippen molar-refractivity contribution in [2.45, 2.75) is 25.3 Å². The number of rotatable bonds is 5. The van der Waals surface area contributed by atoms with Gasteiger partial charge in [0, 0.05) is 19.6 Å². The van der Waals surface area contributed by atoms with Crippen molar-refractivity contribution in [3.8, 4) is 0 Å². The molecule has 1 atom stereocenters. The molecule has 0 amide bonds. The second-order valence-electron chi connectivity index (χ2n) is 4.62. The maximum atomic E-state index is 11.6. The number of carbonyl (C=O) groups is 1. The van der Waals surface area contributed by atoms with Crippen LogP contribution in [-0.2, 0) is 14.3 Å². The lowest BCUT2D eigenvalue weighted by Gasteiger charge is -2.26. The van der Waals surface area contributed by atoms with Crippen LogP contribution in [0.1, 0.15) is 19.3 Å². The molecule has 2 aliphatic rings. The Morgan fingerprint density at radius 2 is 2.24 bits per heavy atom. The van der Waals surface area contributed by atoms with Crippen molar-refractivity contribution in [1.82, 2.24) is 10.2 Å². The molecule has 2 fully saturated rings. The minimum Gasteiger partial charge on any atom is -0.464 e. The first-order valence-corrected chi connectivity index (χ1v) is 6.56. The van der Waals surface area contributed by atoms with E-state index in [1.54, 1.807) is 0 Å². The molecule has 2 heterocycles. The van der Waals surface area contributed by atoms with Gasteiger partial charge in [-0.15, -0.1) is 0 Å². The summed E-state index contributed by atoms with van der Waals surface area (Å²) < 4.78 is 10.5. The van der Waals surface area contributed by atoms with Crippen molar-refractivity contribution >= 4 is 5.97 Å². The summed E-state index contributed by atoms with van der Waals surface area (Å²) in [6.45, 7) is 6.12. The molecular formula is C12H22N2O3. The number of carbonyl (C=O) groups excluding carboxylic acids is 1. The van der Waals surface area contributed by atoms with Gasteiger partial charge >= 0.3 is 5.97 Å². The van der Waals surface area contributed by atoms with E-state index in [0.29, 0.717) is 6.61 Å². The summed E-state index contributed by atoms with van der Waals surface area (Å²) in [6.07, 6.45) is 2.91. The van der Waals surface area contributed by atoms with Crippen LogP contribution in [0.5, 0.6) is 0 Å². The molecule has 0 aliphatic carbocycles. The fraction of sp³-hybridized carbons (Fsp3) is 0.917. The number of hydrogen-bond acceptors (Lipinski definition) is 5. The third kappa shape index (κ3) is 4.26. The van der Waals surface area contributed by atoms with Crippen molar-refractivity contribution in [2.75, 3.05) is 46.0 Å². The normalized spacial score (nSPS) is 26.0. The number of hydrogen-bond donors (Lipinski definition) is 1. The van der Waals surface area contributed by atoms with E-state index >= 15 is 0 Å². The van der Waals surface area contributed by atoms with Crippen molar-refractivity contribution in [3.05, 3.63) is 0 Å². The molecule has 5 heteroatoms. The number of morpholine rings is 1. The van der Waals surface area contributed by atoms with Gasteiger partial charge in [-0.3, -0.25) is 9.69 Å². The number of esters is 1. The first-order valence-electron chi connectivity index (χ1n) is 6.56. The zero-order valence-electron chi connectivity index (χ0n) is 10.3. The van der Waals surface area contributed by atoms with Crippen LogP contribution in [-0.4, -0.2) is 62.9 Å². The van der Waals surface area contributed by atoms with Crippen LogP contribution in [0.3, 0.4) is 0 Å². The largest absolute Gasteiger partial charge is 0.464 e. The molecule has 0 unspecified atom stereocenters. The first kappa shape index (κ1) is 12.8. The third-order valence-electron chi connectivity index (χ3n) is 3.31. The van der Waals surface area contributed by atoms with E-state index in [1.165, 1.54) is 0 Å². The van der Waals surface area contributed by atoms with Crippen LogP contribution in [0.4, 0.5) is 0 Å². The van der Waals surface area contributed by atoms with Crippen LogP contribution in [0.25, 0.3) is 0 Å². The quantitative estimate of drug-likeness (QED) is 0.543. The summed E-state index contributed by atoms with van der Waals surface area (Å²) in [5, 5.41) is 3.15. The predicted octanol–water partition coefficient (Wildman–Crippen LogP) is 0.00390. The average Bonchev–Trinajstić information content (AvgIpc) is 2.89. The van der Waals surface area contributed by atoms with Gasteiger partial charge in [0.2, 0.25) is 0 Å². The summed E-state index contributed by atoms with van der Waals surface area (Å²) in [6, 6.07) is -0.0570. The SMILES string of the molecule is O=C(OCCCN1CCOCC1)[C@@H]1CCCN1. The summed E-state index contributed by atoms with van der Waals surface area (Å²) in [5.74, 6) is -0.0792. The van der Waals surface area contributed by atoms with Gasteiger partial charge in [-0.2, -0.15) is 0 Å². The minimum atomic E-state index is -0.0792. The fourth-order valence-corrected chi connectivity index (χ4v) is 2.27. The Bertz CT molecular complexity index is 236. The van der Waals surface area contributed by atoms with Crippen molar-refractivity contribution in [3.63, 3.8) is 0 Å². The van der Waals surface area contributed by atoms with E-state index in [1.807, 2.05) is 0 Å². The number of nitrogens with zero attached hydrogens (tertiary/aromatic N) is 1. The van der Waals surface area contributed by atoms with Gasteiger partial charge in [-0.25, -0.2) is 0 Å². The molecule has 0 bridgehead atoms. The zero-order chi connectivity index (χ0) is 11.9. The van der Waals surface area contributed by atoms with E-state index in [-0.39, 0.29) is 12.0 Å². The molecule has 5 nitrogen and oxygen atoms in total. The summed E-state index contributed by atoms with van der Waals surface area (Å²) >= 11 is 0. The molecule has 2 aliphatic heterocycles. The molecule has 0 aromatic carbocycles. The number of ether oxygens (including phenoxy) is 2. The highest BCUT2D eigenvalue weighted by atomic mass is 16.5. The fourth-order valence-electron chi connectivity index (χ4n) is 2.27. The lowest BCUT2D eigenvalue weighted by Crippen LogP contribution is -2.37. The predicted molar refractivity (Wildman–Crippen MR) is 63.9 cm³/mol. The first-order chi connectivity index (χ1) is 8.36. The molecule has 0 aromatic heterocycles. The molecule has 0 spiro atoms. The van der Waals surface area contributed by atoms with Crippen molar-refractivity contribution < 1.29 is 14.3 Å². The molecule has 0 radical (unpaired) electrons. The van der Waals surface area contributed by atoms with E-state index in [9.17, 15) is 4.79 Å². The smallest absolute Gasteiger partial charge is 0.323 e. The number of nitrogens with one attached hydrogen (secondary N) is 1. The molecule has 98 valence electrons. The highest BCUT2D eigenvalue weighted by Gasteiger charge is 2.23. The second kappa shape index (κ2) is 6.93. The van der Waals surface area contributed by atoms with Gasteiger partial charge in [0.05, 0.1) is 19.8 Å². The summed E-state index contributed by atoms with van der Waals surface area (Å²) in [4.78, 5) is 13.9. The average molecular weight is 242 g/mol. The van der Waals surface area contributed by atoms with E-state index in [2.05, 4.69) is 10.2 Å². The highest BCUT2D eigenvalue weighted by molar-refractivity contribution is 5.76. The maximum Gasteiger partial charge on any atom is 0.323 e.